The third kappa shape index (κ3) is 3.23. The van der Waals surface area contributed by atoms with E-state index in [2.05, 4.69) is 6.58 Å². The molecule has 1 aliphatic heterocycles. The van der Waals surface area contributed by atoms with E-state index in [4.69, 9.17) is 9.47 Å². The second kappa shape index (κ2) is 6.12. The summed E-state index contributed by atoms with van der Waals surface area (Å²) in [5.74, 6) is -0.472. The molecule has 90 valence electrons. The Kier molecular flexibility index (Phi) is 4.78. The molecule has 1 saturated heterocycles. The maximum absolute atomic E-state index is 11.7. The largest absolute Gasteiger partial charge is 0.461 e. The normalized spacial score (nSPS) is 15.4. The fourth-order valence-electron chi connectivity index (χ4n) is 1.43. The molecule has 16 heavy (non-hydrogen) atoms. The predicted molar refractivity (Wildman–Crippen MR) is 56.7 cm³/mol. The summed E-state index contributed by atoms with van der Waals surface area (Å²) in [5.41, 5.74) is 0. The third-order valence-corrected chi connectivity index (χ3v) is 2.24. The molecule has 2 amide bonds. The van der Waals surface area contributed by atoms with E-state index in [-0.39, 0.29) is 12.6 Å². The van der Waals surface area contributed by atoms with Crippen molar-refractivity contribution < 1.29 is 19.1 Å². The van der Waals surface area contributed by atoms with Gasteiger partial charge in [0, 0.05) is 26.3 Å². The summed E-state index contributed by atoms with van der Waals surface area (Å²) in [6.45, 7) is 5.44. The average Bonchev–Trinajstić information content (AvgIpc) is 2.62. The zero-order chi connectivity index (χ0) is 12.0. The van der Waals surface area contributed by atoms with Crippen LogP contribution >= 0.6 is 0 Å². The quantitative estimate of drug-likeness (QED) is 0.476. The molecule has 0 N–H and O–H groups in total. The van der Waals surface area contributed by atoms with E-state index in [0.717, 1.165) is 6.08 Å². The highest BCUT2D eigenvalue weighted by Gasteiger charge is 2.27. The van der Waals surface area contributed by atoms with Gasteiger partial charge in [0.25, 0.3) is 0 Å². The maximum Gasteiger partial charge on any atom is 0.330 e. The van der Waals surface area contributed by atoms with Gasteiger partial charge in [0.05, 0.1) is 6.54 Å². The van der Waals surface area contributed by atoms with E-state index in [9.17, 15) is 9.59 Å². The minimum Gasteiger partial charge on any atom is -0.461 e. The Morgan fingerprint density at radius 3 is 2.81 bits per heavy atom. The summed E-state index contributed by atoms with van der Waals surface area (Å²) >= 11 is 0. The van der Waals surface area contributed by atoms with Crippen molar-refractivity contribution in [2.45, 2.75) is 0 Å². The summed E-state index contributed by atoms with van der Waals surface area (Å²) in [7, 11) is 1.54. The smallest absolute Gasteiger partial charge is 0.330 e. The maximum atomic E-state index is 11.7. The molecule has 6 heteroatoms. The molecule has 0 aromatic carbocycles. The van der Waals surface area contributed by atoms with Gasteiger partial charge in [-0.05, 0) is 0 Å². The Hall–Kier alpha value is -1.56. The summed E-state index contributed by atoms with van der Waals surface area (Å²) in [4.78, 5) is 25.6. The van der Waals surface area contributed by atoms with Gasteiger partial charge in [-0.3, -0.25) is 4.90 Å². The SMILES string of the molecule is C=CC(=O)OCCN1CCN(COC)C1=O. The van der Waals surface area contributed by atoms with Crippen LogP contribution in [0.4, 0.5) is 4.79 Å². The van der Waals surface area contributed by atoms with Gasteiger partial charge in [-0.2, -0.15) is 0 Å². The number of hydrogen-bond acceptors (Lipinski definition) is 4. The number of ether oxygens (including phenoxy) is 2. The molecular weight excluding hydrogens is 212 g/mol. The van der Waals surface area contributed by atoms with Gasteiger partial charge < -0.3 is 14.4 Å². The topological polar surface area (TPSA) is 59.1 Å². The van der Waals surface area contributed by atoms with Gasteiger partial charge in [0.15, 0.2) is 0 Å². The van der Waals surface area contributed by atoms with Crippen LogP contribution in [-0.4, -0.2) is 61.9 Å². The second-order valence-corrected chi connectivity index (χ2v) is 3.32. The van der Waals surface area contributed by atoms with Crippen LogP contribution < -0.4 is 0 Å². The molecule has 1 aliphatic rings. The molecule has 0 unspecified atom stereocenters. The van der Waals surface area contributed by atoms with Crippen LogP contribution in [0.5, 0.6) is 0 Å². The highest BCUT2D eigenvalue weighted by Crippen LogP contribution is 2.07. The van der Waals surface area contributed by atoms with E-state index in [0.29, 0.717) is 26.4 Å². The van der Waals surface area contributed by atoms with Gasteiger partial charge in [-0.15, -0.1) is 0 Å². The minimum absolute atomic E-state index is 0.0866. The molecule has 6 nitrogen and oxygen atoms in total. The van der Waals surface area contributed by atoms with Crippen LogP contribution in [0.1, 0.15) is 0 Å². The van der Waals surface area contributed by atoms with E-state index >= 15 is 0 Å². The average molecular weight is 228 g/mol. The lowest BCUT2D eigenvalue weighted by Crippen LogP contribution is -2.35. The number of hydrogen-bond donors (Lipinski definition) is 0. The van der Waals surface area contributed by atoms with E-state index in [1.54, 1.807) is 16.9 Å². The summed E-state index contributed by atoms with van der Waals surface area (Å²) in [5, 5.41) is 0. The number of esters is 1. The molecule has 0 radical (unpaired) electrons. The lowest BCUT2D eigenvalue weighted by Gasteiger charge is -2.17. The Bertz CT molecular complexity index is 280. The van der Waals surface area contributed by atoms with Gasteiger partial charge >= 0.3 is 12.0 Å². The Morgan fingerprint density at radius 2 is 2.19 bits per heavy atom. The lowest BCUT2D eigenvalue weighted by molar-refractivity contribution is -0.137. The van der Waals surface area contributed by atoms with E-state index in [1.807, 2.05) is 0 Å². The van der Waals surface area contributed by atoms with Crippen molar-refractivity contribution in [3.8, 4) is 0 Å². The zero-order valence-electron chi connectivity index (χ0n) is 9.35. The van der Waals surface area contributed by atoms with Crippen LogP contribution in [0.25, 0.3) is 0 Å². The van der Waals surface area contributed by atoms with Crippen LogP contribution in [0, 0.1) is 0 Å². The first-order valence-electron chi connectivity index (χ1n) is 5.01. The fraction of sp³-hybridized carbons (Fsp3) is 0.600. The molecule has 0 spiro atoms. The fourth-order valence-corrected chi connectivity index (χ4v) is 1.43. The van der Waals surface area contributed by atoms with Crippen molar-refractivity contribution in [3.63, 3.8) is 0 Å². The molecule has 0 bridgehead atoms. The van der Waals surface area contributed by atoms with Crippen LogP contribution in [0.3, 0.4) is 0 Å². The molecule has 1 heterocycles. The number of amides is 2. The van der Waals surface area contributed by atoms with Gasteiger partial charge in [-0.1, -0.05) is 6.58 Å². The van der Waals surface area contributed by atoms with Crippen LogP contribution in [-0.2, 0) is 14.3 Å². The summed E-state index contributed by atoms with van der Waals surface area (Å²) in [6, 6.07) is -0.0866. The second-order valence-electron chi connectivity index (χ2n) is 3.32. The molecule has 1 rings (SSSR count). The predicted octanol–water partition coefficient (Wildman–Crippen LogP) is 0.0571. The van der Waals surface area contributed by atoms with Crippen molar-refractivity contribution >= 4 is 12.0 Å². The standard InChI is InChI=1S/C10H16N2O4/c1-3-9(13)16-7-6-11-4-5-12(8-15-2)10(11)14/h3H,1,4-8H2,2H3. The zero-order valence-corrected chi connectivity index (χ0v) is 9.35. The molecule has 1 fully saturated rings. The molecule has 0 atom stereocenters. The number of rotatable bonds is 6. The summed E-state index contributed by atoms with van der Waals surface area (Å²) in [6.07, 6.45) is 1.10. The monoisotopic (exact) mass is 228 g/mol. The molecule has 0 aliphatic carbocycles. The number of nitrogens with zero attached hydrogens (tertiary/aromatic N) is 2. The van der Waals surface area contributed by atoms with Crippen molar-refractivity contribution in [3.05, 3.63) is 12.7 Å². The Labute approximate surface area is 94.4 Å². The van der Waals surface area contributed by atoms with Gasteiger partial charge in [0.1, 0.15) is 13.3 Å². The van der Waals surface area contributed by atoms with E-state index < -0.39 is 5.97 Å². The highest BCUT2D eigenvalue weighted by atomic mass is 16.5. The van der Waals surface area contributed by atoms with Crippen molar-refractivity contribution in [2.75, 3.05) is 40.1 Å². The third-order valence-electron chi connectivity index (χ3n) is 2.24. The Balaban J connectivity index is 2.26. The highest BCUT2D eigenvalue weighted by molar-refractivity contribution is 5.81. The molecule has 0 saturated carbocycles. The lowest BCUT2D eigenvalue weighted by atomic mass is 10.5. The first kappa shape index (κ1) is 12.5. The molecule has 0 aromatic heterocycles. The Morgan fingerprint density at radius 1 is 1.50 bits per heavy atom. The van der Waals surface area contributed by atoms with Crippen LogP contribution in [0.2, 0.25) is 0 Å². The van der Waals surface area contributed by atoms with Crippen LogP contribution in [0.15, 0.2) is 12.7 Å². The van der Waals surface area contributed by atoms with Crippen molar-refractivity contribution in [2.24, 2.45) is 0 Å². The van der Waals surface area contributed by atoms with Gasteiger partial charge in [0.2, 0.25) is 0 Å². The van der Waals surface area contributed by atoms with Gasteiger partial charge in [-0.25, -0.2) is 9.59 Å². The first-order chi connectivity index (χ1) is 7.69. The summed E-state index contributed by atoms with van der Waals surface area (Å²) < 4.78 is 9.68. The minimum atomic E-state index is -0.472. The molecule has 0 aromatic rings. The number of methoxy groups -OCH3 is 1. The van der Waals surface area contributed by atoms with E-state index in [1.165, 1.54) is 0 Å². The first-order valence-corrected chi connectivity index (χ1v) is 5.01. The molecular formula is C10H16N2O4. The number of urea groups is 1. The van der Waals surface area contributed by atoms with Crippen molar-refractivity contribution in [1.29, 1.82) is 0 Å². The number of carbonyl (C=O) groups excluding carboxylic acids is 2. The van der Waals surface area contributed by atoms with Crippen molar-refractivity contribution in [1.82, 2.24) is 9.80 Å². The number of carbonyl (C=O) groups is 2.